The molecule has 2 nitrogen and oxygen atoms in total. The number of aliphatic hydroxyl groups is 1. The maximum absolute atomic E-state index is 10.0. The first-order valence-electron chi connectivity index (χ1n) is 5.73. The summed E-state index contributed by atoms with van der Waals surface area (Å²) >= 11 is 1.80. The Balaban J connectivity index is 2.02. The van der Waals surface area contributed by atoms with Crippen molar-refractivity contribution in [3.05, 3.63) is 10.7 Å². The summed E-state index contributed by atoms with van der Waals surface area (Å²) in [5.41, 5.74) is 5.61. The van der Waals surface area contributed by atoms with E-state index in [0.29, 0.717) is 24.0 Å². The molecule has 1 fully saturated rings. The van der Waals surface area contributed by atoms with E-state index >= 15 is 0 Å². The SMILES string of the molecule is [B]C1CCC(C2=C(O)[C@H](CN)CS2)CC1. The van der Waals surface area contributed by atoms with Crippen LogP contribution < -0.4 is 5.73 Å². The molecule has 1 atom stereocenters. The molecule has 0 aromatic heterocycles. The Morgan fingerprint density at radius 3 is 2.53 bits per heavy atom. The molecule has 2 rings (SSSR count). The highest BCUT2D eigenvalue weighted by Gasteiger charge is 2.31. The van der Waals surface area contributed by atoms with E-state index in [-0.39, 0.29) is 5.92 Å². The van der Waals surface area contributed by atoms with E-state index in [0.717, 1.165) is 31.4 Å². The van der Waals surface area contributed by atoms with Gasteiger partial charge in [0, 0.05) is 23.1 Å². The summed E-state index contributed by atoms with van der Waals surface area (Å²) < 4.78 is 0. The highest BCUT2D eigenvalue weighted by molar-refractivity contribution is 8.03. The second-order valence-corrected chi connectivity index (χ2v) is 5.67. The first-order chi connectivity index (χ1) is 7.22. The largest absolute Gasteiger partial charge is 0.511 e. The Bertz CT molecular complexity index is 261. The van der Waals surface area contributed by atoms with Crippen LogP contribution in [-0.2, 0) is 0 Å². The van der Waals surface area contributed by atoms with Gasteiger partial charge in [0.25, 0.3) is 0 Å². The summed E-state index contributed by atoms with van der Waals surface area (Å²) in [5, 5.41) is 10.0. The van der Waals surface area contributed by atoms with Crippen LogP contribution in [0.2, 0.25) is 5.82 Å². The lowest BCUT2D eigenvalue weighted by molar-refractivity contribution is 0.330. The molecule has 2 aliphatic rings. The number of rotatable bonds is 2. The van der Waals surface area contributed by atoms with Crippen LogP contribution in [0.5, 0.6) is 0 Å². The minimum atomic E-state index is 0.195. The van der Waals surface area contributed by atoms with Gasteiger partial charge in [0.15, 0.2) is 0 Å². The van der Waals surface area contributed by atoms with Gasteiger partial charge in [-0.2, -0.15) is 0 Å². The topological polar surface area (TPSA) is 46.2 Å². The van der Waals surface area contributed by atoms with E-state index in [9.17, 15) is 5.11 Å². The van der Waals surface area contributed by atoms with Crippen LogP contribution in [-0.4, -0.2) is 25.3 Å². The number of hydrogen-bond acceptors (Lipinski definition) is 3. The molecule has 0 aromatic carbocycles. The van der Waals surface area contributed by atoms with Crippen molar-refractivity contribution in [1.82, 2.24) is 0 Å². The van der Waals surface area contributed by atoms with Crippen LogP contribution >= 0.6 is 11.8 Å². The van der Waals surface area contributed by atoms with E-state index in [2.05, 4.69) is 0 Å². The lowest BCUT2D eigenvalue weighted by atomic mass is 9.71. The molecule has 1 aliphatic heterocycles. The van der Waals surface area contributed by atoms with Gasteiger partial charge < -0.3 is 10.8 Å². The van der Waals surface area contributed by atoms with E-state index in [1.54, 1.807) is 11.8 Å². The average molecular weight is 223 g/mol. The minimum absolute atomic E-state index is 0.195. The highest BCUT2D eigenvalue weighted by atomic mass is 32.2. The lowest BCUT2D eigenvalue weighted by Crippen LogP contribution is -2.17. The van der Waals surface area contributed by atoms with Crippen molar-refractivity contribution in [2.75, 3.05) is 12.3 Å². The molecule has 0 bridgehead atoms. The quantitative estimate of drug-likeness (QED) is 0.705. The molecule has 1 aliphatic carbocycles. The van der Waals surface area contributed by atoms with Crippen molar-refractivity contribution in [3.8, 4) is 0 Å². The van der Waals surface area contributed by atoms with Gasteiger partial charge in [0.05, 0.1) is 7.85 Å². The molecule has 1 saturated carbocycles. The second-order valence-electron chi connectivity index (χ2n) is 4.60. The minimum Gasteiger partial charge on any atom is -0.511 e. The molecule has 0 aromatic rings. The first-order valence-corrected chi connectivity index (χ1v) is 6.72. The molecular formula is C11H18BNOS. The molecule has 15 heavy (non-hydrogen) atoms. The number of aliphatic hydroxyl groups excluding tert-OH is 1. The predicted molar refractivity (Wildman–Crippen MR) is 66.1 cm³/mol. The van der Waals surface area contributed by atoms with Crippen LogP contribution in [0.4, 0.5) is 0 Å². The van der Waals surface area contributed by atoms with Crippen molar-refractivity contribution >= 4 is 19.6 Å². The van der Waals surface area contributed by atoms with Crippen molar-refractivity contribution < 1.29 is 5.11 Å². The molecule has 1 heterocycles. The van der Waals surface area contributed by atoms with Crippen molar-refractivity contribution in [2.24, 2.45) is 17.6 Å². The molecule has 0 spiro atoms. The number of hydrogen-bond donors (Lipinski definition) is 2. The van der Waals surface area contributed by atoms with Crippen molar-refractivity contribution in [1.29, 1.82) is 0 Å². The summed E-state index contributed by atoms with van der Waals surface area (Å²) in [5.74, 6) is 2.65. The maximum atomic E-state index is 10.0. The van der Waals surface area contributed by atoms with E-state index in [1.807, 2.05) is 0 Å². The zero-order chi connectivity index (χ0) is 10.8. The molecule has 82 valence electrons. The van der Waals surface area contributed by atoms with E-state index < -0.39 is 0 Å². The predicted octanol–water partition coefficient (Wildman–Crippen LogP) is 2.22. The van der Waals surface area contributed by atoms with Gasteiger partial charge in [-0.05, 0) is 18.8 Å². The van der Waals surface area contributed by atoms with Gasteiger partial charge in [-0.1, -0.05) is 18.7 Å². The third-order valence-electron chi connectivity index (χ3n) is 3.51. The molecule has 0 amide bonds. The monoisotopic (exact) mass is 223 g/mol. The molecule has 4 heteroatoms. The maximum Gasteiger partial charge on any atom is 0.107 e. The Morgan fingerprint density at radius 1 is 1.33 bits per heavy atom. The zero-order valence-corrected chi connectivity index (χ0v) is 9.80. The van der Waals surface area contributed by atoms with Gasteiger partial charge in [0.2, 0.25) is 0 Å². The normalized spacial score (nSPS) is 37.3. The van der Waals surface area contributed by atoms with Gasteiger partial charge >= 0.3 is 0 Å². The second kappa shape index (κ2) is 4.83. The highest BCUT2D eigenvalue weighted by Crippen LogP contribution is 2.45. The fraction of sp³-hybridized carbons (Fsp3) is 0.818. The number of nitrogens with two attached hydrogens (primary N) is 1. The fourth-order valence-electron chi connectivity index (χ4n) is 2.43. The summed E-state index contributed by atoms with van der Waals surface area (Å²) in [6.07, 6.45) is 4.44. The van der Waals surface area contributed by atoms with E-state index in [1.165, 1.54) is 4.91 Å². The molecule has 0 unspecified atom stereocenters. The zero-order valence-electron chi connectivity index (χ0n) is 8.98. The number of allylic oxidation sites excluding steroid dienone is 1. The molecule has 2 radical (unpaired) electrons. The van der Waals surface area contributed by atoms with Gasteiger partial charge in [-0.25, -0.2) is 0 Å². The third kappa shape index (κ3) is 2.36. The molecule has 0 saturated heterocycles. The Hall–Kier alpha value is -0.0851. The summed E-state index contributed by atoms with van der Waals surface area (Å²) in [6, 6.07) is 0. The van der Waals surface area contributed by atoms with Crippen LogP contribution in [0.15, 0.2) is 10.7 Å². The van der Waals surface area contributed by atoms with Crippen LogP contribution in [0, 0.1) is 11.8 Å². The van der Waals surface area contributed by atoms with Crippen LogP contribution in [0.25, 0.3) is 0 Å². The Labute approximate surface area is 97.1 Å². The average Bonchev–Trinajstić information content (AvgIpc) is 2.61. The Morgan fingerprint density at radius 2 is 2.00 bits per heavy atom. The summed E-state index contributed by atoms with van der Waals surface area (Å²) in [4.78, 5) is 1.21. The number of thioether (sulfide) groups is 1. The third-order valence-corrected chi connectivity index (χ3v) is 4.93. The van der Waals surface area contributed by atoms with Crippen LogP contribution in [0.3, 0.4) is 0 Å². The Kier molecular flexibility index (Phi) is 3.67. The van der Waals surface area contributed by atoms with Gasteiger partial charge in [0.1, 0.15) is 5.76 Å². The lowest BCUT2D eigenvalue weighted by Gasteiger charge is -2.27. The van der Waals surface area contributed by atoms with Crippen molar-refractivity contribution in [2.45, 2.75) is 31.5 Å². The van der Waals surface area contributed by atoms with E-state index in [4.69, 9.17) is 13.6 Å². The standard InChI is InChI=1S/C11H18BNOS/c12-9-3-1-7(2-4-9)11-10(14)8(5-13)6-15-11/h7-9,14H,1-6,13H2/t7?,8-,9?/m1/s1. The van der Waals surface area contributed by atoms with Crippen LogP contribution in [0.1, 0.15) is 25.7 Å². The van der Waals surface area contributed by atoms with Gasteiger partial charge in [-0.15, -0.1) is 11.8 Å². The fourth-order valence-corrected chi connectivity index (χ4v) is 3.89. The van der Waals surface area contributed by atoms with Gasteiger partial charge in [-0.3, -0.25) is 0 Å². The molecular weight excluding hydrogens is 205 g/mol. The first kappa shape index (κ1) is 11.4. The summed E-state index contributed by atoms with van der Waals surface area (Å²) in [6.45, 7) is 0.564. The smallest absolute Gasteiger partial charge is 0.107 e. The van der Waals surface area contributed by atoms with Crippen molar-refractivity contribution in [3.63, 3.8) is 0 Å². The molecule has 3 N–H and O–H groups in total. The summed E-state index contributed by atoms with van der Waals surface area (Å²) in [7, 11) is 5.88.